The highest BCUT2D eigenvalue weighted by Crippen LogP contribution is 2.13. The third-order valence-electron chi connectivity index (χ3n) is 4.45. The number of guanidine groups is 1. The Balaban J connectivity index is 1.97. The number of rotatable bonds is 6. The number of hydrogen-bond acceptors (Lipinski definition) is 4. The van der Waals surface area contributed by atoms with E-state index in [9.17, 15) is 13.2 Å². The molecule has 0 spiro atoms. The Morgan fingerprint density at radius 3 is 2.52 bits per heavy atom. The van der Waals surface area contributed by atoms with E-state index in [-0.39, 0.29) is 17.9 Å². The van der Waals surface area contributed by atoms with Crippen LogP contribution in [0.3, 0.4) is 0 Å². The van der Waals surface area contributed by atoms with Crippen molar-refractivity contribution in [1.29, 1.82) is 0 Å². The number of nitrogens with zero attached hydrogens (tertiary/aromatic N) is 2. The van der Waals surface area contributed by atoms with Gasteiger partial charge in [0.1, 0.15) is 0 Å². The summed E-state index contributed by atoms with van der Waals surface area (Å²) in [6.45, 7) is 8.47. The third kappa shape index (κ3) is 6.23. The molecule has 150 valence electrons. The van der Waals surface area contributed by atoms with Crippen LogP contribution in [0.4, 0.5) is 0 Å². The fourth-order valence-electron chi connectivity index (χ4n) is 2.97. The summed E-state index contributed by atoms with van der Waals surface area (Å²) >= 11 is 0. The standard InChI is InChI=1S/C19H30N4O3S/c1-5-20-19(22-16-10-11-23(13-16)18(24)14(2)3)21-12-15-6-8-17(9-7-15)27(4,25)26/h6-9,14,16H,5,10-13H2,1-4H3,(H2,20,21,22). The molecule has 0 radical (unpaired) electrons. The van der Waals surface area contributed by atoms with E-state index in [2.05, 4.69) is 15.6 Å². The molecule has 1 fully saturated rings. The molecule has 0 saturated carbocycles. The smallest absolute Gasteiger partial charge is 0.225 e. The van der Waals surface area contributed by atoms with E-state index in [1.54, 1.807) is 24.3 Å². The number of likely N-dealkylation sites (tertiary alicyclic amines) is 1. The molecule has 27 heavy (non-hydrogen) atoms. The lowest BCUT2D eigenvalue weighted by atomic mass is 10.2. The molecule has 0 bridgehead atoms. The number of carbonyl (C=O) groups excluding carboxylic acids is 1. The Morgan fingerprint density at radius 1 is 1.30 bits per heavy atom. The van der Waals surface area contributed by atoms with E-state index < -0.39 is 9.84 Å². The predicted octanol–water partition coefficient (Wildman–Crippen LogP) is 1.40. The highest BCUT2D eigenvalue weighted by Gasteiger charge is 2.27. The van der Waals surface area contributed by atoms with Crippen LogP contribution in [-0.4, -0.2) is 57.1 Å². The molecular formula is C19H30N4O3S. The van der Waals surface area contributed by atoms with Gasteiger partial charge in [0, 0.05) is 37.8 Å². The first kappa shape index (κ1) is 21.2. The van der Waals surface area contributed by atoms with Crippen LogP contribution in [0, 0.1) is 5.92 Å². The molecule has 2 rings (SSSR count). The number of amides is 1. The van der Waals surface area contributed by atoms with Gasteiger partial charge in [0.15, 0.2) is 15.8 Å². The lowest BCUT2D eigenvalue weighted by molar-refractivity contribution is -0.133. The molecule has 1 aliphatic heterocycles. The largest absolute Gasteiger partial charge is 0.357 e. The van der Waals surface area contributed by atoms with Gasteiger partial charge in [-0.05, 0) is 31.0 Å². The second-order valence-electron chi connectivity index (χ2n) is 7.18. The molecule has 1 atom stereocenters. The van der Waals surface area contributed by atoms with Crippen molar-refractivity contribution in [3.8, 4) is 0 Å². The first-order valence-electron chi connectivity index (χ1n) is 9.33. The Bertz CT molecular complexity index is 773. The number of benzene rings is 1. The maximum atomic E-state index is 12.1. The number of nitrogens with one attached hydrogen (secondary N) is 2. The fraction of sp³-hybridized carbons (Fsp3) is 0.579. The van der Waals surface area contributed by atoms with Crippen molar-refractivity contribution in [2.45, 2.75) is 44.7 Å². The van der Waals surface area contributed by atoms with E-state index in [1.807, 2.05) is 25.7 Å². The van der Waals surface area contributed by atoms with Crippen molar-refractivity contribution in [2.24, 2.45) is 10.9 Å². The van der Waals surface area contributed by atoms with Gasteiger partial charge in [-0.2, -0.15) is 0 Å². The molecule has 1 amide bonds. The Hall–Kier alpha value is -2.09. The molecular weight excluding hydrogens is 364 g/mol. The SMILES string of the molecule is CCNC(=NCc1ccc(S(C)(=O)=O)cc1)NC1CCN(C(=O)C(C)C)C1. The highest BCUT2D eigenvalue weighted by molar-refractivity contribution is 7.90. The Kier molecular flexibility index (Phi) is 7.24. The van der Waals surface area contributed by atoms with Crippen molar-refractivity contribution in [2.75, 3.05) is 25.9 Å². The van der Waals surface area contributed by atoms with E-state index in [0.29, 0.717) is 23.9 Å². The summed E-state index contributed by atoms with van der Waals surface area (Å²) in [6, 6.07) is 6.95. The van der Waals surface area contributed by atoms with Gasteiger partial charge in [0.2, 0.25) is 5.91 Å². The first-order valence-corrected chi connectivity index (χ1v) is 11.2. The first-order chi connectivity index (χ1) is 12.7. The van der Waals surface area contributed by atoms with Crippen molar-refractivity contribution in [1.82, 2.24) is 15.5 Å². The highest BCUT2D eigenvalue weighted by atomic mass is 32.2. The minimum Gasteiger partial charge on any atom is -0.357 e. The predicted molar refractivity (Wildman–Crippen MR) is 107 cm³/mol. The van der Waals surface area contributed by atoms with Gasteiger partial charge in [0.05, 0.1) is 11.4 Å². The molecule has 0 aliphatic carbocycles. The second-order valence-corrected chi connectivity index (χ2v) is 9.20. The Labute approximate surface area is 162 Å². The monoisotopic (exact) mass is 394 g/mol. The molecule has 2 N–H and O–H groups in total. The average molecular weight is 395 g/mol. The van der Waals surface area contributed by atoms with Gasteiger partial charge in [-0.15, -0.1) is 0 Å². The molecule has 1 heterocycles. The van der Waals surface area contributed by atoms with Crippen LogP contribution < -0.4 is 10.6 Å². The summed E-state index contributed by atoms with van der Waals surface area (Å²) < 4.78 is 23.1. The average Bonchev–Trinajstić information content (AvgIpc) is 3.07. The zero-order valence-electron chi connectivity index (χ0n) is 16.5. The summed E-state index contributed by atoms with van der Waals surface area (Å²) in [4.78, 5) is 18.9. The van der Waals surface area contributed by atoms with Crippen LogP contribution in [0.2, 0.25) is 0 Å². The van der Waals surface area contributed by atoms with E-state index >= 15 is 0 Å². The zero-order chi connectivity index (χ0) is 20.0. The lowest BCUT2D eigenvalue weighted by Crippen LogP contribution is -2.45. The lowest BCUT2D eigenvalue weighted by Gasteiger charge is -2.20. The summed E-state index contributed by atoms with van der Waals surface area (Å²) in [5, 5.41) is 6.62. The normalized spacial score (nSPS) is 18.0. The minimum atomic E-state index is -3.19. The molecule has 1 aliphatic rings. The van der Waals surface area contributed by atoms with E-state index in [0.717, 1.165) is 25.1 Å². The maximum Gasteiger partial charge on any atom is 0.225 e. The van der Waals surface area contributed by atoms with E-state index in [4.69, 9.17) is 0 Å². The molecule has 1 aromatic rings. The van der Waals surface area contributed by atoms with Crippen molar-refractivity contribution in [3.63, 3.8) is 0 Å². The third-order valence-corrected chi connectivity index (χ3v) is 5.58. The number of carbonyl (C=O) groups is 1. The number of aliphatic imine (C=N–C) groups is 1. The fourth-order valence-corrected chi connectivity index (χ4v) is 3.60. The Morgan fingerprint density at radius 2 is 1.96 bits per heavy atom. The molecule has 1 unspecified atom stereocenters. The summed E-state index contributed by atoms with van der Waals surface area (Å²) in [5.74, 6) is 0.904. The minimum absolute atomic E-state index is 0.0144. The van der Waals surface area contributed by atoms with Crippen LogP contribution in [0.25, 0.3) is 0 Å². The zero-order valence-corrected chi connectivity index (χ0v) is 17.3. The van der Waals surface area contributed by atoms with Crippen molar-refractivity contribution < 1.29 is 13.2 Å². The van der Waals surface area contributed by atoms with Gasteiger partial charge in [-0.25, -0.2) is 13.4 Å². The van der Waals surface area contributed by atoms with Gasteiger partial charge in [-0.3, -0.25) is 4.79 Å². The molecule has 8 heteroatoms. The number of sulfone groups is 1. The van der Waals surface area contributed by atoms with Crippen molar-refractivity contribution >= 4 is 21.7 Å². The van der Waals surface area contributed by atoms with Gasteiger partial charge >= 0.3 is 0 Å². The summed E-state index contributed by atoms with van der Waals surface area (Å²) in [5.41, 5.74) is 0.933. The molecule has 7 nitrogen and oxygen atoms in total. The number of hydrogen-bond donors (Lipinski definition) is 2. The molecule has 1 saturated heterocycles. The van der Waals surface area contributed by atoms with Gasteiger partial charge < -0.3 is 15.5 Å². The van der Waals surface area contributed by atoms with Gasteiger partial charge in [0.25, 0.3) is 0 Å². The quantitative estimate of drug-likeness (QED) is 0.562. The van der Waals surface area contributed by atoms with Crippen LogP contribution in [0.15, 0.2) is 34.2 Å². The maximum absolute atomic E-state index is 12.1. The molecule has 1 aromatic carbocycles. The van der Waals surface area contributed by atoms with Crippen molar-refractivity contribution in [3.05, 3.63) is 29.8 Å². The summed E-state index contributed by atoms with van der Waals surface area (Å²) in [7, 11) is -3.19. The van der Waals surface area contributed by atoms with Crippen LogP contribution in [-0.2, 0) is 21.2 Å². The molecule has 0 aromatic heterocycles. The van der Waals surface area contributed by atoms with Gasteiger partial charge in [-0.1, -0.05) is 26.0 Å². The van der Waals surface area contributed by atoms with Crippen LogP contribution in [0.1, 0.15) is 32.8 Å². The van der Waals surface area contributed by atoms with Crippen LogP contribution in [0.5, 0.6) is 0 Å². The van der Waals surface area contributed by atoms with Crippen LogP contribution >= 0.6 is 0 Å². The topological polar surface area (TPSA) is 90.9 Å². The van der Waals surface area contributed by atoms with E-state index in [1.165, 1.54) is 6.26 Å². The second kappa shape index (κ2) is 9.21. The summed E-state index contributed by atoms with van der Waals surface area (Å²) in [6.07, 6.45) is 2.09.